The molecule has 0 atom stereocenters. The molecule has 2 amide bonds. The van der Waals surface area contributed by atoms with Crippen LogP contribution >= 0.6 is 0 Å². The fourth-order valence-electron chi connectivity index (χ4n) is 3.21. The van der Waals surface area contributed by atoms with Gasteiger partial charge in [-0.25, -0.2) is 0 Å². The standard InChI is InChI=1S/C21H24N2O3/c1-3-20(24)23-12-11-15-9-10-17(13-16(15)14-23)22-21(25)18-7-5-6-8-19(18)26-4-2/h5-10,13H,3-4,11-12,14H2,1-2H3,(H,22,25). The van der Waals surface area contributed by atoms with Gasteiger partial charge in [0.05, 0.1) is 12.2 Å². The smallest absolute Gasteiger partial charge is 0.259 e. The van der Waals surface area contributed by atoms with Crippen molar-refractivity contribution >= 4 is 17.5 Å². The first-order valence-electron chi connectivity index (χ1n) is 9.05. The average molecular weight is 352 g/mol. The average Bonchev–Trinajstić information content (AvgIpc) is 2.67. The molecular weight excluding hydrogens is 328 g/mol. The van der Waals surface area contributed by atoms with Gasteiger partial charge in [-0.1, -0.05) is 25.1 Å². The van der Waals surface area contributed by atoms with E-state index in [4.69, 9.17) is 4.74 Å². The molecule has 0 unspecified atom stereocenters. The van der Waals surface area contributed by atoms with Gasteiger partial charge in [0.25, 0.3) is 5.91 Å². The molecular formula is C21H24N2O3. The predicted octanol–water partition coefficient (Wildman–Crippen LogP) is 3.63. The van der Waals surface area contributed by atoms with Gasteiger partial charge in [0.15, 0.2) is 0 Å². The number of rotatable bonds is 5. The molecule has 0 fully saturated rings. The first-order valence-corrected chi connectivity index (χ1v) is 9.05. The van der Waals surface area contributed by atoms with Gasteiger partial charge in [0, 0.05) is 25.2 Å². The fraction of sp³-hybridized carbons (Fsp3) is 0.333. The van der Waals surface area contributed by atoms with E-state index in [0.29, 0.717) is 30.9 Å². The zero-order valence-corrected chi connectivity index (χ0v) is 15.2. The molecule has 0 aliphatic carbocycles. The third kappa shape index (κ3) is 3.87. The minimum atomic E-state index is -0.202. The van der Waals surface area contributed by atoms with E-state index < -0.39 is 0 Å². The van der Waals surface area contributed by atoms with Crippen LogP contribution in [0.5, 0.6) is 5.75 Å². The van der Waals surface area contributed by atoms with Crippen molar-refractivity contribution in [3.63, 3.8) is 0 Å². The minimum Gasteiger partial charge on any atom is -0.493 e. The van der Waals surface area contributed by atoms with Crippen molar-refractivity contribution in [3.8, 4) is 5.75 Å². The second kappa shape index (κ2) is 8.04. The van der Waals surface area contributed by atoms with Crippen LogP contribution in [0.4, 0.5) is 5.69 Å². The number of anilines is 1. The van der Waals surface area contributed by atoms with Crippen molar-refractivity contribution in [1.29, 1.82) is 0 Å². The molecule has 3 rings (SSSR count). The molecule has 2 aromatic carbocycles. The zero-order chi connectivity index (χ0) is 18.5. The Morgan fingerprint density at radius 1 is 1.12 bits per heavy atom. The third-order valence-corrected chi connectivity index (χ3v) is 4.56. The number of amides is 2. The van der Waals surface area contributed by atoms with Crippen LogP contribution in [0, 0.1) is 0 Å². The quantitative estimate of drug-likeness (QED) is 0.894. The highest BCUT2D eigenvalue weighted by molar-refractivity contribution is 6.06. The topological polar surface area (TPSA) is 58.6 Å². The first-order chi connectivity index (χ1) is 12.6. The normalized spacial score (nSPS) is 13.1. The molecule has 0 spiro atoms. The molecule has 1 N–H and O–H groups in total. The van der Waals surface area contributed by atoms with E-state index in [2.05, 4.69) is 5.32 Å². The molecule has 1 heterocycles. The summed E-state index contributed by atoms with van der Waals surface area (Å²) in [6.07, 6.45) is 1.36. The number of hydrogen-bond acceptors (Lipinski definition) is 3. The number of benzene rings is 2. The Morgan fingerprint density at radius 2 is 1.92 bits per heavy atom. The largest absolute Gasteiger partial charge is 0.493 e. The molecule has 0 aromatic heterocycles. The number of fused-ring (bicyclic) bond motifs is 1. The second-order valence-corrected chi connectivity index (χ2v) is 6.29. The molecule has 5 nitrogen and oxygen atoms in total. The molecule has 0 saturated heterocycles. The number of nitrogens with one attached hydrogen (secondary N) is 1. The van der Waals surface area contributed by atoms with E-state index in [0.717, 1.165) is 24.2 Å². The van der Waals surface area contributed by atoms with Gasteiger partial charge >= 0.3 is 0 Å². The van der Waals surface area contributed by atoms with Crippen molar-refractivity contribution in [2.24, 2.45) is 0 Å². The van der Waals surface area contributed by atoms with Crippen molar-refractivity contribution in [2.75, 3.05) is 18.5 Å². The van der Waals surface area contributed by atoms with Crippen LogP contribution in [-0.4, -0.2) is 29.9 Å². The Labute approximate surface area is 154 Å². The van der Waals surface area contributed by atoms with E-state index in [1.165, 1.54) is 5.56 Å². The van der Waals surface area contributed by atoms with E-state index in [-0.39, 0.29) is 11.8 Å². The number of para-hydroxylation sites is 1. The monoisotopic (exact) mass is 352 g/mol. The van der Waals surface area contributed by atoms with Crippen LogP contribution in [0.2, 0.25) is 0 Å². The molecule has 26 heavy (non-hydrogen) atoms. The molecule has 0 radical (unpaired) electrons. The minimum absolute atomic E-state index is 0.163. The number of hydrogen-bond donors (Lipinski definition) is 1. The number of carbonyl (C=O) groups is 2. The van der Waals surface area contributed by atoms with Crippen LogP contribution < -0.4 is 10.1 Å². The van der Waals surface area contributed by atoms with E-state index in [1.54, 1.807) is 12.1 Å². The van der Waals surface area contributed by atoms with Crippen molar-refractivity contribution in [1.82, 2.24) is 4.90 Å². The Morgan fingerprint density at radius 3 is 2.69 bits per heavy atom. The van der Waals surface area contributed by atoms with Crippen LogP contribution in [0.3, 0.4) is 0 Å². The van der Waals surface area contributed by atoms with Gasteiger partial charge in [-0.15, -0.1) is 0 Å². The van der Waals surface area contributed by atoms with Gasteiger partial charge in [-0.2, -0.15) is 0 Å². The van der Waals surface area contributed by atoms with Crippen LogP contribution in [0.1, 0.15) is 41.8 Å². The summed E-state index contributed by atoms with van der Waals surface area (Å²) in [6.45, 7) is 5.63. The number of nitrogens with zero attached hydrogens (tertiary/aromatic N) is 1. The molecule has 1 aliphatic rings. The van der Waals surface area contributed by atoms with Gasteiger partial charge in [-0.3, -0.25) is 9.59 Å². The highest BCUT2D eigenvalue weighted by Crippen LogP contribution is 2.25. The maximum absolute atomic E-state index is 12.6. The summed E-state index contributed by atoms with van der Waals surface area (Å²) in [7, 11) is 0. The van der Waals surface area contributed by atoms with Crippen LogP contribution in [0.15, 0.2) is 42.5 Å². The predicted molar refractivity (Wildman–Crippen MR) is 101 cm³/mol. The SMILES string of the molecule is CCOc1ccccc1C(=O)Nc1ccc2c(c1)CN(C(=O)CC)CC2. The Hall–Kier alpha value is -2.82. The first kappa shape index (κ1) is 18.0. The fourth-order valence-corrected chi connectivity index (χ4v) is 3.21. The highest BCUT2D eigenvalue weighted by atomic mass is 16.5. The Bertz CT molecular complexity index is 817. The molecule has 1 aliphatic heterocycles. The van der Waals surface area contributed by atoms with Crippen molar-refractivity contribution in [3.05, 3.63) is 59.2 Å². The third-order valence-electron chi connectivity index (χ3n) is 4.56. The molecule has 5 heteroatoms. The maximum atomic E-state index is 12.6. The summed E-state index contributed by atoms with van der Waals surface area (Å²) in [5.74, 6) is 0.534. The van der Waals surface area contributed by atoms with E-state index >= 15 is 0 Å². The van der Waals surface area contributed by atoms with Gasteiger partial charge in [-0.05, 0) is 48.7 Å². The van der Waals surface area contributed by atoms with Gasteiger partial charge in [0.2, 0.25) is 5.91 Å². The lowest BCUT2D eigenvalue weighted by Gasteiger charge is -2.29. The lowest BCUT2D eigenvalue weighted by Crippen LogP contribution is -2.35. The molecule has 0 bridgehead atoms. The second-order valence-electron chi connectivity index (χ2n) is 6.29. The maximum Gasteiger partial charge on any atom is 0.259 e. The summed E-state index contributed by atoms with van der Waals surface area (Å²) in [4.78, 5) is 26.5. The lowest BCUT2D eigenvalue weighted by molar-refractivity contribution is -0.131. The summed E-state index contributed by atoms with van der Waals surface area (Å²) >= 11 is 0. The van der Waals surface area contributed by atoms with Crippen LogP contribution in [-0.2, 0) is 17.8 Å². The van der Waals surface area contributed by atoms with Crippen LogP contribution in [0.25, 0.3) is 0 Å². The molecule has 136 valence electrons. The Kier molecular flexibility index (Phi) is 5.56. The van der Waals surface area contributed by atoms with Gasteiger partial charge < -0.3 is 15.0 Å². The van der Waals surface area contributed by atoms with Crippen molar-refractivity contribution in [2.45, 2.75) is 33.2 Å². The van der Waals surface area contributed by atoms with Crippen molar-refractivity contribution < 1.29 is 14.3 Å². The Balaban J connectivity index is 1.77. The molecule has 2 aromatic rings. The van der Waals surface area contributed by atoms with Gasteiger partial charge in [0.1, 0.15) is 5.75 Å². The lowest BCUT2D eigenvalue weighted by atomic mass is 9.98. The zero-order valence-electron chi connectivity index (χ0n) is 15.2. The summed E-state index contributed by atoms with van der Waals surface area (Å²) in [6, 6.07) is 13.1. The molecule has 0 saturated carbocycles. The summed E-state index contributed by atoms with van der Waals surface area (Å²) < 4.78 is 5.53. The number of ether oxygens (including phenoxy) is 1. The van der Waals surface area contributed by atoms with E-state index in [1.807, 2.05) is 49.1 Å². The number of carbonyl (C=O) groups excluding carboxylic acids is 2. The highest BCUT2D eigenvalue weighted by Gasteiger charge is 2.20. The van der Waals surface area contributed by atoms with E-state index in [9.17, 15) is 9.59 Å². The summed E-state index contributed by atoms with van der Waals surface area (Å²) in [5, 5.41) is 2.94. The summed E-state index contributed by atoms with van der Waals surface area (Å²) in [5.41, 5.74) is 3.56.